The Morgan fingerprint density at radius 3 is 2.56 bits per heavy atom. The lowest BCUT2D eigenvalue weighted by Crippen LogP contribution is -2.22. The third-order valence-electron chi connectivity index (χ3n) is 2.77. The van der Waals surface area contributed by atoms with Crippen LogP contribution in [0.2, 0.25) is 0 Å². The molecule has 0 aliphatic carbocycles. The first-order chi connectivity index (χ1) is 7.46. The molecule has 0 saturated carbocycles. The molecule has 0 radical (unpaired) electrons. The Hall–Kier alpha value is -1.50. The van der Waals surface area contributed by atoms with Gasteiger partial charge < -0.3 is 4.57 Å². The quantitative estimate of drug-likeness (QED) is 0.713. The second kappa shape index (κ2) is 5.02. The number of imidazole rings is 1. The molecular formula is C12H19N3O. The van der Waals surface area contributed by atoms with Gasteiger partial charge in [0.2, 0.25) is 0 Å². The number of aromatic nitrogens is 2. The van der Waals surface area contributed by atoms with Gasteiger partial charge in [0.1, 0.15) is 0 Å². The molecule has 0 aromatic carbocycles. The Kier molecular flexibility index (Phi) is 3.94. The Bertz CT molecular complexity index is 434. The van der Waals surface area contributed by atoms with Gasteiger partial charge in [-0.05, 0) is 26.7 Å². The van der Waals surface area contributed by atoms with Crippen molar-refractivity contribution in [2.75, 3.05) is 0 Å². The van der Waals surface area contributed by atoms with Crippen LogP contribution in [0, 0.1) is 16.7 Å². The van der Waals surface area contributed by atoms with Crippen LogP contribution in [0.4, 0.5) is 0 Å². The third kappa shape index (κ3) is 3.27. The van der Waals surface area contributed by atoms with Crippen LogP contribution in [0.25, 0.3) is 0 Å². The molecule has 0 aliphatic heterocycles. The largest absolute Gasteiger partial charge is 0.327 e. The van der Waals surface area contributed by atoms with Crippen molar-refractivity contribution in [1.82, 2.24) is 9.13 Å². The summed E-state index contributed by atoms with van der Waals surface area (Å²) in [5.74, 6) is 0. The maximum Gasteiger partial charge on any atom is 0.327 e. The van der Waals surface area contributed by atoms with E-state index in [4.69, 9.17) is 5.26 Å². The Labute approximate surface area is 96.1 Å². The van der Waals surface area contributed by atoms with Crippen molar-refractivity contribution in [3.63, 3.8) is 0 Å². The summed E-state index contributed by atoms with van der Waals surface area (Å²) in [6.45, 7) is 4.63. The smallest absolute Gasteiger partial charge is 0.302 e. The van der Waals surface area contributed by atoms with Crippen molar-refractivity contribution < 1.29 is 0 Å². The third-order valence-corrected chi connectivity index (χ3v) is 2.77. The number of hydrogen-bond acceptors (Lipinski definition) is 2. The van der Waals surface area contributed by atoms with Gasteiger partial charge >= 0.3 is 5.69 Å². The summed E-state index contributed by atoms with van der Waals surface area (Å²) in [6.07, 6.45) is 6.36. The van der Waals surface area contributed by atoms with Crippen molar-refractivity contribution >= 4 is 0 Å². The molecule has 0 atom stereocenters. The Morgan fingerprint density at radius 1 is 1.38 bits per heavy atom. The molecule has 4 heteroatoms. The van der Waals surface area contributed by atoms with E-state index in [0.717, 1.165) is 25.8 Å². The zero-order chi connectivity index (χ0) is 12.2. The van der Waals surface area contributed by atoms with Crippen molar-refractivity contribution in [3.05, 3.63) is 22.9 Å². The van der Waals surface area contributed by atoms with E-state index < -0.39 is 0 Å². The maximum atomic E-state index is 11.5. The highest BCUT2D eigenvalue weighted by Gasteiger charge is 2.15. The highest BCUT2D eigenvalue weighted by Crippen LogP contribution is 2.21. The SMILES string of the molecule is Cn1ccn(CCCCC(C)(C)C#N)c1=O. The van der Waals surface area contributed by atoms with E-state index in [1.54, 1.807) is 28.6 Å². The summed E-state index contributed by atoms with van der Waals surface area (Å²) in [6, 6.07) is 2.28. The van der Waals surface area contributed by atoms with E-state index in [1.165, 1.54) is 0 Å². The highest BCUT2D eigenvalue weighted by molar-refractivity contribution is 4.91. The molecular weight excluding hydrogens is 202 g/mol. The zero-order valence-corrected chi connectivity index (χ0v) is 10.2. The number of unbranched alkanes of at least 4 members (excludes halogenated alkanes) is 1. The molecule has 0 bridgehead atoms. The minimum atomic E-state index is -0.248. The second-order valence-electron chi connectivity index (χ2n) is 4.84. The number of aryl methyl sites for hydroxylation is 2. The molecule has 1 heterocycles. The predicted octanol–water partition coefficient (Wildman–Crippen LogP) is 1.91. The average Bonchev–Trinajstić information content (AvgIpc) is 2.56. The van der Waals surface area contributed by atoms with Crippen LogP contribution in [0.15, 0.2) is 17.2 Å². The van der Waals surface area contributed by atoms with Crippen molar-refractivity contribution in [1.29, 1.82) is 5.26 Å². The molecule has 0 fully saturated rings. The normalized spacial score (nSPS) is 11.4. The standard InChI is InChI=1S/C12H19N3O/c1-12(2,10-13)6-4-5-7-15-9-8-14(3)11(15)16/h8-9H,4-7H2,1-3H3. The summed E-state index contributed by atoms with van der Waals surface area (Å²) in [4.78, 5) is 11.5. The molecule has 0 N–H and O–H groups in total. The van der Waals surface area contributed by atoms with Crippen LogP contribution in [0.3, 0.4) is 0 Å². The van der Waals surface area contributed by atoms with E-state index in [1.807, 2.05) is 13.8 Å². The van der Waals surface area contributed by atoms with E-state index in [9.17, 15) is 4.79 Å². The minimum Gasteiger partial charge on any atom is -0.302 e. The first kappa shape index (κ1) is 12.6. The molecule has 16 heavy (non-hydrogen) atoms. The van der Waals surface area contributed by atoms with Crippen LogP contribution in [0.5, 0.6) is 0 Å². The molecule has 0 aliphatic rings. The van der Waals surface area contributed by atoms with Crippen molar-refractivity contribution in [2.45, 2.75) is 39.7 Å². The number of nitriles is 1. The topological polar surface area (TPSA) is 50.7 Å². The molecule has 1 aromatic heterocycles. The van der Waals surface area contributed by atoms with Gasteiger partial charge in [-0.1, -0.05) is 6.42 Å². The van der Waals surface area contributed by atoms with Gasteiger partial charge in [0, 0.05) is 26.0 Å². The Morgan fingerprint density at radius 2 is 2.06 bits per heavy atom. The molecule has 88 valence electrons. The molecule has 4 nitrogen and oxygen atoms in total. The first-order valence-corrected chi connectivity index (χ1v) is 5.59. The molecule has 0 saturated heterocycles. The number of nitrogens with zero attached hydrogens (tertiary/aromatic N) is 3. The lowest BCUT2D eigenvalue weighted by molar-refractivity contribution is 0.415. The van der Waals surface area contributed by atoms with E-state index in [-0.39, 0.29) is 11.1 Å². The monoisotopic (exact) mass is 221 g/mol. The zero-order valence-electron chi connectivity index (χ0n) is 10.2. The van der Waals surface area contributed by atoms with Crippen molar-refractivity contribution in [2.24, 2.45) is 12.5 Å². The fourth-order valence-electron chi connectivity index (χ4n) is 1.59. The minimum absolute atomic E-state index is 0.0274. The lowest BCUT2D eigenvalue weighted by Gasteiger charge is -2.14. The first-order valence-electron chi connectivity index (χ1n) is 5.59. The summed E-state index contributed by atoms with van der Waals surface area (Å²) in [5, 5.41) is 8.85. The summed E-state index contributed by atoms with van der Waals surface area (Å²) >= 11 is 0. The van der Waals surface area contributed by atoms with Crippen LogP contribution in [-0.4, -0.2) is 9.13 Å². The van der Waals surface area contributed by atoms with Crippen LogP contribution < -0.4 is 5.69 Å². The molecule has 0 unspecified atom stereocenters. The number of rotatable bonds is 5. The maximum absolute atomic E-state index is 11.5. The van der Waals surface area contributed by atoms with Gasteiger partial charge in [0.15, 0.2) is 0 Å². The molecule has 1 aromatic rings. The van der Waals surface area contributed by atoms with E-state index in [2.05, 4.69) is 6.07 Å². The van der Waals surface area contributed by atoms with Crippen LogP contribution >= 0.6 is 0 Å². The fraction of sp³-hybridized carbons (Fsp3) is 0.667. The van der Waals surface area contributed by atoms with Gasteiger partial charge in [-0.15, -0.1) is 0 Å². The van der Waals surface area contributed by atoms with E-state index in [0.29, 0.717) is 0 Å². The summed E-state index contributed by atoms with van der Waals surface area (Å²) in [5.41, 5.74) is -0.221. The van der Waals surface area contributed by atoms with Crippen LogP contribution in [0.1, 0.15) is 33.1 Å². The Balaban J connectivity index is 2.35. The predicted molar refractivity (Wildman–Crippen MR) is 62.9 cm³/mol. The molecule has 0 spiro atoms. The molecule has 1 rings (SSSR count). The average molecular weight is 221 g/mol. The van der Waals surface area contributed by atoms with Gasteiger partial charge in [0.25, 0.3) is 0 Å². The van der Waals surface area contributed by atoms with Gasteiger partial charge in [-0.2, -0.15) is 5.26 Å². The van der Waals surface area contributed by atoms with Crippen LogP contribution in [-0.2, 0) is 13.6 Å². The summed E-state index contributed by atoms with van der Waals surface area (Å²) < 4.78 is 3.28. The summed E-state index contributed by atoms with van der Waals surface area (Å²) in [7, 11) is 1.75. The van der Waals surface area contributed by atoms with Gasteiger partial charge in [-0.25, -0.2) is 4.79 Å². The second-order valence-corrected chi connectivity index (χ2v) is 4.84. The molecule has 0 amide bonds. The van der Waals surface area contributed by atoms with E-state index >= 15 is 0 Å². The highest BCUT2D eigenvalue weighted by atomic mass is 16.1. The fourth-order valence-corrected chi connectivity index (χ4v) is 1.59. The lowest BCUT2D eigenvalue weighted by atomic mass is 9.89. The van der Waals surface area contributed by atoms with Crippen molar-refractivity contribution in [3.8, 4) is 6.07 Å². The van der Waals surface area contributed by atoms with Gasteiger partial charge in [-0.3, -0.25) is 4.57 Å². The van der Waals surface area contributed by atoms with Gasteiger partial charge in [0.05, 0.1) is 11.5 Å². The number of hydrogen-bond donors (Lipinski definition) is 0.